The second kappa shape index (κ2) is 5.89. The highest BCUT2D eigenvalue weighted by Gasteiger charge is 2.23. The van der Waals surface area contributed by atoms with E-state index < -0.39 is 5.82 Å². The van der Waals surface area contributed by atoms with Gasteiger partial charge in [-0.05, 0) is 47.0 Å². The van der Waals surface area contributed by atoms with Crippen LogP contribution in [0.3, 0.4) is 0 Å². The maximum atomic E-state index is 13.5. The Hall–Kier alpha value is -1.20. The molecule has 1 saturated carbocycles. The summed E-state index contributed by atoms with van der Waals surface area (Å²) in [5.41, 5.74) is 0.984. The fraction of sp³-hybridized carbons (Fsp3) is 0.333. The molecule has 0 saturated heterocycles. The Morgan fingerprint density at radius 2 is 2.00 bits per heavy atom. The molecule has 1 aromatic heterocycles. The molecule has 21 heavy (non-hydrogen) atoms. The highest BCUT2D eigenvalue weighted by molar-refractivity contribution is 9.10. The van der Waals surface area contributed by atoms with Crippen molar-refractivity contribution in [3.8, 4) is 11.4 Å². The number of H-pyrrole nitrogens is 1. The first-order valence-corrected chi connectivity index (χ1v) is 7.98. The standard InChI is InChI=1S/C15H13BrClFN2O/c16-12-13(8-3-1-2-4-8)19-14(20-15(12)21)9-5-10(17)7-11(18)6-9/h5-8H,1-4H2,(H,19,20,21). The Bertz CT molecular complexity index is 721. The van der Waals surface area contributed by atoms with Crippen molar-refractivity contribution in [3.63, 3.8) is 0 Å². The van der Waals surface area contributed by atoms with Crippen LogP contribution in [0.5, 0.6) is 0 Å². The maximum Gasteiger partial charge on any atom is 0.265 e. The van der Waals surface area contributed by atoms with Crippen LogP contribution in [0.4, 0.5) is 4.39 Å². The Labute approximate surface area is 134 Å². The zero-order chi connectivity index (χ0) is 15.0. The molecule has 1 aliphatic carbocycles. The summed E-state index contributed by atoms with van der Waals surface area (Å²) >= 11 is 9.19. The summed E-state index contributed by atoms with van der Waals surface area (Å²) < 4.78 is 14.0. The quantitative estimate of drug-likeness (QED) is 0.835. The Morgan fingerprint density at radius 1 is 1.29 bits per heavy atom. The molecular weight excluding hydrogens is 359 g/mol. The molecule has 1 fully saturated rings. The van der Waals surface area contributed by atoms with E-state index in [1.54, 1.807) is 6.07 Å². The topological polar surface area (TPSA) is 45.8 Å². The Balaban J connectivity index is 2.12. The number of hydrogen-bond donors (Lipinski definition) is 1. The minimum Gasteiger partial charge on any atom is -0.306 e. The number of hydrogen-bond acceptors (Lipinski definition) is 2. The van der Waals surface area contributed by atoms with E-state index in [1.807, 2.05) is 0 Å². The molecule has 0 atom stereocenters. The van der Waals surface area contributed by atoms with Crippen molar-refractivity contribution in [1.29, 1.82) is 0 Å². The molecular formula is C15H13BrClFN2O. The van der Waals surface area contributed by atoms with E-state index >= 15 is 0 Å². The summed E-state index contributed by atoms with van der Waals surface area (Å²) in [6.07, 6.45) is 4.34. The molecule has 0 spiro atoms. The zero-order valence-corrected chi connectivity index (χ0v) is 13.5. The smallest absolute Gasteiger partial charge is 0.265 e. The highest BCUT2D eigenvalue weighted by atomic mass is 79.9. The van der Waals surface area contributed by atoms with Gasteiger partial charge in [-0.25, -0.2) is 9.37 Å². The number of aromatic nitrogens is 2. The maximum absolute atomic E-state index is 13.5. The average Bonchev–Trinajstić information content (AvgIpc) is 2.94. The van der Waals surface area contributed by atoms with Crippen LogP contribution in [0.25, 0.3) is 11.4 Å². The lowest BCUT2D eigenvalue weighted by molar-refractivity contribution is 0.628. The summed E-state index contributed by atoms with van der Waals surface area (Å²) in [5.74, 6) is 0.182. The van der Waals surface area contributed by atoms with Gasteiger partial charge in [-0.15, -0.1) is 0 Å². The van der Waals surface area contributed by atoms with Crippen LogP contribution < -0.4 is 5.56 Å². The molecule has 1 heterocycles. The number of nitrogens with one attached hydrogen (secondary N) is 1. The van der Waals surface area contributed by atoms with Gasteiger partial charge in [0.15, 0.2) is 0 Å². The van der Waals surface area contributed by atoms with Crippen LogP contribution in [-0.2, 0) is 0 Å². The minimum absolute atomic E-state index is 0.248. The molecule has 110 valence electrons. The molecule has 6 heteroatoms. The van der Waals surface area contributed by atoms with Gasteiger partial charge in [0.2, 0.25) is 0 Å². The lowest BCUT2D eigenvalue weighted by Gasteiger charge is -2.12. The Kier molecular flexibility index (Phi) is 4.13. The molecule has 0 bridgehead atoms. The zero-order valence-electron chi connectivity index (χ0n) is 11.1. The number of benzene rings is 1. The van der Waals surface area contributed by atoms with Gasteiger partial charge in [0.05, 0.1) is 5.69 Å². The van der Waals surface area contributed by atoms with Crippen molar-refractivity contribution in [1.82, 2.24) is 9.97 Å². The summed E-state index contributed by atoms with van der Waals surface area (Å²) in [6, 6.07) is 4.13. The van der Waals surface area contributed by atoms with Crippen molar-refractivity contribution in [2.75, 3.05) is 0 Å². The van der Waals surface area contributed by atoms with Crippen LogP contribution in [0.2, 0.25) is 5.02 Å². The monoisotopic (exact) mass is 370 g/mol. The Morgan fingerprint density at radius 3 is 2.67 bits per heavy atom. The second-order valence-corrected chi connectivity index (χ2v) is 6.48. The van der Waals surface area contributed by atoms with Crippen LogP contribution in [-0.4, -0.2) is 9.97 Å². The molecule has 1 aliphatic rings. The normalized spacial score (nSPS) is 15.6. The van der Waals surface area contributed by atoms with Crippen molar-refractivity contribution in [3.05, 3.63) is 49.6 Å². The first kappa shape index (κ1) is 14.7. The predicted octanol–water partition coefficient (Wildman–Crippen LogP) is 4.65. The fourth-order valence-corrected chi connectivity index (χ4v) is 3.51. The van der Waals surface area contributed by atoms with Gasteiger partial charge in [-0.1, -0.05) is 24.4 Å². The molecule has 2 aromatic rings. The largest absolute Gasteiger partial charge is 0.306 e. The molecule has 0 aliphatic heterocycles. The molecule has 1 aromatic carbocycles. The first-order chi connectivity index (χ1) is 10.0. The summed E-state index contributed by atoms with van der Waals surface area (Å²) in [4.78, 5) is 19.3. The summed E-state index contributed by atoms with van der Waals surface area (Å²) in [6.45, 7) is 0. The van der Waals surface area contributed by atoms with E-state index in [-0.39, 0.29) is 16.5 Å². The van der Waals surface area contributed by atoms with Crippen LogP contribution in [0.15, 0.2) is 27.5 Å². The SMILES string of the molecule is O=c1[nH]c(-c2cc(F)cc(Cl)c2)nc(C2CCCC2)c1Br. The lowest BCUT2D eigenvalue weighted by Crippen LogP contribution is -2.15. The summed E-state index contributed by atoms with van der Waals surface area (Å²) in [7, 11) is 0. The molecule has 3 nitrogen and oxygen atoms in total. The molecule has 1 N–H and O–H groups in total. The third-order valence-electron chi connectivity index (χ3n) is 3.77. The van der Waals surface area contributed by atoms with Gasteiger partial charge in [0.25, 0.3) is 5.56 Å². The van der Waals surface area contributed by atoms with Crippen molar-refractivity contribution in [2.24, 2.45) is 0 Å². The van der Waals surface area contributed by atoms with Gasteiger partial charge in [0, 0.05) is 16.5 Å². The van der Waals surface area contributed by atoms with Gasteiger partial charge in [0.1, 0.15) is 16.1 Å². The van der Waals surface area contributed by atoms with E-state index in [4.69, 9.17) is 11.6 Å². The number of nitrogens with zero attached hydrogens (tertiary/aromatic N) is 1. The summed E-state index contributed by atoms with van der Waals surface area (Å²) in [5, 5.41) is 0.276. The molecule has 3 rings (SSSR count). The average molecular weight is 372 g/mol. The van der Waals surface area contributed by atoms with Crippen LogP contribution in [0, 0.1) is 5.82 Å². The van der Waals surface area contributed by atoms with Gasteiger partial charge in [-0.3, -0.25) is 4.79 Å². The van der Waals surface area contributed by atoms with Crippen molar-refractivity contribution in [2.45, 2.75) is 31.6 Å². The minimum atomic E-state index is -0.453. The number of halogens is 3. The van der Waals surface area contributed by atoms with Gasteiger partial charge in [-0.2, -0.15) is 0 Å². The van der Waals surface area contributed by atoms with Gasteiger partial charge < -0.3 is 4.98 Å². The molecule has 0 radical (unpaired) electrons. The third kappa shape index (κ3) is 3.04. The second-order valence-electron chi connectivity index (χ2n) is 5.25. The van der Waals surface area contributed by atoms with E-state index in [0.29, 0.717) is 15.9 Å². The van der Waals surface area contributed by atoms with Crippen molar-refractivity contribution >= 4 is 27.5 Å². The molecule has 0 unspecified atom stereocenters. The van der Waals surface area contributed by atoms with E-state index in [9.17, 15) is 9.18 Å². The van der Waals surface area contributed by atoms with Crippen LogP contribution >= 0.6 is 27.5 Å². The van der Waals surface area contributed by atoms with E-state index in [2.05, 4.69) is 25.9 Å². The van der Waals surface area contributed by atoms with Crippen LogP contribution in [0.1, 0.15) is 37.3 Å². The first-order valence-electron chi connectivity index (χ1n) is 6.81. The number of rotatable bonds is 2. The number of aromatic amines is 1. The predicted molar refractivity (Wildman–Crippen MR) is 84.2 cm³/mol. The van der Waals surface area contributed by atoms with E-state index in [0.717, 1.165) is 31.4 Å². The third-order valence-corrected chi connectivity index (χ3v) is 4.75. The fourth-order valence-electron chi connectivity index (χ4n) is 2.77. The van der Waals surface area contributed by atoms with Gasteiger partial charge >= 0.3 is 0 Å². The lowest BCUT2D eigenvalue weighted by atomic mass is 10.0. The molecule has 0 amide bonds. The van der Waals surface area contributed by atoms with E-state index in [1.165, 1.54) is 12.1 Å². The van der Waals surface area contributed by atoms with Crippen molar-refractivity contribution < 1.29 is 4.39 Å². The highest BCUT2D eigenvalue weighted by Crippen LogP contribution is 2.36.